The third-order valence-corrected chi connectivity index (χ3v) is 2.98. The summed E-state index contributed by atoms with van der Waals surface area (Å²) in [5, 5.41) is 16.8. The highest BCUT2D eigenvalue weighted by Gasteiger charge is 2.22. The summed E-state index contributed by atoms with van der Waals surface area (Å²) in [6, 6.07) is 7.12. The van der Waals surface area contributed by atoms with Crippen LogP contribution in [0, 0.1) is 17.0 Å². The molecule has 10 heteroatoms. The Hall–Kier alpha value is -3.43. The third kappa shape index (κ3) is 5.03. The largest absolute Gasteiger partial charge is 0.463 e. The SMILES string of the molecule is Cc1cc(OCC(=O)O[C@H](C)C(=O)Nc2ccccc2[N+](=O)[O-])no1. The second kappa shape index (κ2) is 7.90. The van der Waals surface area contributed by atoms with Gasteiger partial charge in [0.25, 0.3) is 17.5 Å². The number of nitro benzene ring substituents is 1. The van der Waals surface area contributed by atoms with Gasteiger partial charge < -0.3 is 19.3 Å². The van der Waals surface area contributed by atoms with Crippen molar-refractivity contribution in [2.75, 3.05) is 11.9 Å². The van der Waals surface area contributed by atoms with Gasteiger partial charge in [-0.1, -0.05) is 12.1 Å². The van der Waals surface area contributed by atoms with Crippen LogP contribution in [0.4, 0.5) is 11.4 Å². The molecule has 0 saturated carbocycles. The zero-order valence-corrected chi connectivity index (χ0v) is 13.4. The maximum atomic E-state index is 12.0. The number of carbonyl (C=O) groups excluding carboxylic acids is 2. The zero-order valence-electron chi connectivity index (χ0n) is 13.4. The monoisotopic (exact) mass is 349 g/mol. The number of benzene rings is 1. The van der Waals surface area contributed by atoms with Crippen molar-refractivity contribution in [3.8, 4) is 5.88 Å². The van der Waals surface area contributed by atoms with Crippen molar-refractivity contribution in [1.29, 1.82) is 0 Å². The van der Waals surface area contributed by atoms with Gasteiger partial charge in [-0.15, -0.1) is 0 Å². The zero-order chi connectivity index (χ0) is 18.4. The summed E-state index contributed by atoms with van der Waals surface area (Å²) in [4.78, 5) is 34.0. The fraction of sp³-hybridized carbons (Fsp3) is 0.267. The fourth-order valence-corrected chi connectivity index (χ4v) is 1.80. The molecular formula is C15H15N3O7. The van der Waals surface area contributed by atoms with Gasteiger partial charge in [0.05, 0.1) is 4.92 Å². The number of hydrogen-bond donors (Lipinski definition) is 1. The summed E-state index contributed by atoms with van der Waals surface area (Å²) in [6.07, 6.45) is -1.17. The molecule has 0 unspecified atom stereocenters. The molecule has 25 heavy (non-hydrogen) atoms. The Kier molecular flexibility index (Phi) is 5.66. The van der Waals surface area contributed by atoms with Crippen LogP contribution in [0.3, 0.4) is 0 Å². The normalized spacial score (nSPS) is 11.4. The van der Waals surface area contributed by atoms with E-state index in [1.165, 1.54) is 37.3 Å². The van der Waals surface area contributed by atoms with Gasteiger partial charge >= 0.3 is 5.97 Å². The molecule has 0 spiro atoms. The standard InChI is InChI=1S/C15H15N3O7/c1-9-7-13(17-25-9)23-8-14(19)24-10(2)15(20)16-11-5-3-4-6-12(11)18(21)22/h3-7,10H,8H2,1-2H3,(H,16,20)/t10-/m1/s1. The molecule has 0 aliphatic carbocycles. The molecule has 1 aromatic heterocycles. The Bertz CT molecular complexity index is 787. The van der Waals surface area contributed by atoms with Gasteiger partial charge in [-0.2, -0.15) is 0 Å². The molecule has 2 aromatic rings. The number of aromatic nitrogens is 1. The van der Waals surface area contributed by atoms with Gasteiger partial charge in [0.1, 0.15) is 11.4 Å². The number of nitrogens with one attached hydrogen (secondary N) is 1. The average Bonchev–Trinajstić information content (AvgIpc) is 2.98. The number of carbonyl (C=O) groups is 2. The molecule has 0 saturated heterocycles. The van der Waals surface area contributed by atoms with Crippen LogP contribution in [-0.4, -0.2) is 34.7 Å². The maximum absolute atomic E-state index is 12.0. The van der Waals surface area contributed by atoms with E-state index < -0.39 is 29.5 Å². The number of rotatable bonds is 7. The number of amides is 1. The second-order valence-corrected chi connectivity index (χ2v) is 4.96. The molecule has 132 valence electrons. The summed E-state index contributed by atoms with van der Waals surface area (Å²) in [5.41, 5.74) is -0.256. The summed E-state index contributed by atoms with van der Waals surface area (Å²) < 4.78 is 14.7. The Morgan fingerprint density at radius 3 is 2.76 bits per heavy atom. The molecule has 0 radical (unpaired) electrons. The minimum Gasteiger partial charge on any atom is -0.463 e. The van der Waals surface area contributed by atoms with E-state index in [2.05, 4.69) is 10.5 Å². The number of para-hydroxylation sites is 2. The molecule has 1 aromatic carbocycles. The Morgan fingerprint density at radius 2 is 2.12 bits per heavy atom. The first-order valence-electron chi connectivity index (χ1n) is 7.16. The number of anilines is 1. The molecule has 0 fully saturated rings. The Balaban J connectivity index is 1.87. The van der Waals surface area contributed by atoms with Gasteiger partial charge in [0.15, 0.2) is 12.7 Å². The molecule has 1 N–H and O–H groups in total. The van der Waals surface area contributed by atoms with Crippen molar-refractivity contribution in [3.05, 3.63) is 46.2 Å². The van der Waals surface area contributed by atoms with E-state index in [0.717, 1.165) is 0 Å². The van der Waals surface area contributed by atoms with Crippen molar-refractivity contribution >= 4 is 23.3 Å². The topological polar surface area (TPSA) is 134 Å². The van der Waals surface area contributed by atoms with E-state index in [1.807, 2.05) is 0 Å². The van der Waals surface area contributed by atoms with Gasteiger partial charge in [-0.3, -0.25) is 14.9 Å². The average molecular weight is 349 g/mol. The van der Waals surface area contributed by atoms with Crippen LogP contribution in [0.15, 0.2) is 34.9 Å². The third-order valence-electron chi connectivity index (χ3n) is 2.98. The highest BCUT2D eigenvalue weighted by atomic mass is 16.6. The predicted molar refractivity (Wildman–Crippen MR) is 84.0 cm³/mol. The van der Waals surface area contributed by atoms with E-state index in [9.17, 15) is 19.7 Å². The summed E-state index contributed by atoms with van der Waals surface area (Å²) >= 11 is 0. The van der Waals surface area contributed by atoms with Crippen molar-refractivity contribution in [3.63, 3.8) is 0 Å². The number of nitrogens with zero attached hydrogens (tertiary/aromatic N) is 2. The van der Waals surface area contributed by atoms with Crippen LogP contribution in [0.5, 0.6) is 5.88 Å². The number of hydrogen-bond acceptors (Lipinski definition) is 8. The lowest BCUT2D eigenvalue weighted by molar-refractivity contribution is -0.383. The van der Waals surface area contributed by atoms with Crippen LogP contribution in [0.2, 0.25) is 0 Å². The summed E-state index contributed by atoms with van der Waals surface area (Å²) in [6.45, 7) is 2.53. The lowest BCUT2D eigenvalue weighted by Crippen LogP contribution is -2.31. The molecule has 0 aliphatic heterocycles. The molecule has 0 aliphatic rings. The Morgan fingerprint density at radius 1 is 1.40 bits per heavy atom. The molecule has 10 nitrogen and oxygen atoms in total. The lowest BCUT2D eigenvalue weighted by atomic mass is 10.2. The first-order chi connectivity index (χ1) is 11.9. The molecule has 1 heterocycles. The summed E-state index contributed by atoms with van der Waals surface area (Å²) in [5.74, 6) is -0.877. The van der Waals surface area contributed by atoms with Gasteiger partial charge in [-0.05, 0) is 25.1 Å². The quantitative estimate of drug-likeness (QED) is 0.454. The van der Waals surface area contributed by atoms with E-state index in [0.29, 0.717) is 5.76 Å². The minimum absolute atomic E-state index is 0.00900. The van der Waals surface area contributed by atoms with Gasteiger partial charge in [0.2, 0.25) is 0 Å². The van der Waals surface area contributed by atoms with Crippen LogP contribution in [0.25, 0.3) is 0 Å². The van der Waals surface area contributed by atoms with Crippen LogP contribution < -0.4 is 10.1 Å². The smallest absolute Gasteiger partial charge is 0.345 e. The number of ether oxygens (including phenoxy) is 2. The van der Waals surface area contributed by atoms with E-state index in [1.54, 1.807) is 6.92 Å². The van der Waals surface area contributed by atoms with Gasteiger partial charge in [-0.25, -0.2) is 4.79 Å². The first kappa shape index (κ1) is 17.9. The predicted octanol–water partition coefficient (Wildman–Crippen LogP) is 1.84. The van der Waals surface area contributed by atoms with E-state index in [4.69, 9.17) is 14.0 Å². The highest BCUT2D eigenvalue weighted by molar-refractivity contribution is 5.96. The van der Waals surface area contributed by atoms with Crippen molar-refractivity contribution in [2.24, 2.45) is 0 Å². The van der Waals surface area contributed by atoms with E-state index >= 15 is 0 Å². The molecule has 1 amide bonds. The van der Waals surface area contributed by atoms with E-state index in [-0.39, 0.29) is 17.3 Å². The van der Waals surface area contributed by atoms with Crippen LogP contribution in [-0.2, 0) is 14.3 Å². The lowest BCUT2D eigenvalue weighted by Gasteiger charge is -2.13. The van der Waals surface area contributed by atoms with Crippen LogP contribution >= 0.6 is 0 Å². The molecule has 2 rings (SSSR count). The van der Waals surface area contributed by atoms with Gasteiger partial charge in [0, 0.05) is 12.1 Å². The molecule has 0 bridgehead atoms. The number of esters is 1. The van der Waals surface area contributed by atoms with Crippen LogP contribution in [0.1, 0.15) is 12.7 Å². The number of nitro groups is 1. The first-order valence-corrected chi connectivity index (χ1v) is 7.16. The van der Waals surface area contributed by atoms with Crippen molar-refractivity contribution in [2.45, 2.75) is 20.0 Å². The highest BCUT2D eigenvalue weighted by Crippen LogP contribution is 2.23. The maximum Gasteiger partial charge on any atom is 0.345 e. The van der Waals surface area contributed by atoms with Crippen molar-refractivity contribution < 1.29 is 28.5 Å². The number of aryl methyl sites for hydroxylation is 1. The summed E-state index contributed by atoms with van der Waals surface area (Å²) in [7, 11) is 0. The molecule has 1 atom stereocenters. The Labute approximate surface area is 141 Å². The molecular weight excluding hydrogens is 334 g/mol. The fourth-order valence-electron chi connectivity index (χ4n) is 1.80. The second-order valence-electron chi connectivity index (χ2n) is 4.96. The minimum atomic E-state index is -1.17. The van der Waals surface area contributed by atoms with Crippen molar-refractivity contribution in [1.82, 2.24) is 5.16 Å².